The average Bonchev–Trinajstić information content (AvgIpc) is 2.65. The van der Waals surface area contributed by atoms with Crippen LogP contribution in [-0.2, 0) is 0 Å². The van der Waals surface area contributed by atoms with Gasteiger partial charge in [-0.2, -0.15) is 0 Å². The first kappa shape index (κ1) is 27.0. The van der Waals surface area contributed by atoms with Crippen molar-refractivity contribution >= 4 is 0 Å². The van der Waals surface area contributed by atoms with Gasteiger partial charge in [0.25, 0.3) is 0 Å². The van der Waals surface area contributed by atoms with E-state index in [2.05, 4.69) is 32.5 Å². The zero-order valence-electron chi connectivity index (χ0n) is 19.6. The van der Waals surface area contributed by atoms with Crippen LogP contribution in [0, 0.1) is 6.54 Å². The summed E-state index contributed by atoms with van der Waals surface area (Å²) >= 11 is 0. The van der Waals surface area contributed by atoms with Gasteiger partial charge in [-0.1, -0.05) is 142 Å². The zero-order valence-corrected chi connectivity index (χ0v) is 19.6. The van der Waals surface area contributed by atoms with Gasteiger partial charge in [-0.3, -0.25) is 0 Å². The molecule has 0 bridgehead atoms. The molecule has 0 aromatic rings. The van der Waals surface area contributed by atoms with Crippen molar-refractivity contribution in [3.8, 4) is 0 Å². The van der Waals surface area contributed by atoms with Gasteiger partial charge in [0.15, 0.2) is 0 Å². The lowest BCUT2D eigenvalue weighted by molar-refractivity contribution is 0.460. The van der Waals surface area contributed by atoms with Gasteiger partial charge in [-0.05, 0) is 20.5 Å². The standard InChI is InChI=1S/C26H54N/c1-4-5-6-7-8-9-10-11-12-13-14-15-16-17-18-19-20-21-22-23-24-25-26-27(2)3/h26H,4-25H2,1-3H3. The molecule has 0 aromatic carbocycles. The topological polar surface area (TPSA) is 3.24 Å². The molecule has 0 aromatic heterocycles. The van der Waals surface area contributed by atoms with E-state index in [-0.39, 0.29) is 0 Å². The molecule has 0 amide bonds. The van der Waals surface area contributed by atoms with Crippen molar-refractivity contribution in [2.75, 3.05) is 14.1 Å². The lowest BCUT2D eigenvalue weighted by atomic mass is 10.0. The van der Waals surface area contributed by atoms with E-state index in [1.165, 1.54) is 141 Å². The molecule has 0 atom stereocenters. The molecule has 0 aliphatic heterocycles. The molecule has 0 spiro atoms. The lowest BCUT2D eigenvalue weighted by Crippen LogP contribution is -2.06. The Labute approximate surface area is 174 Å². The normalized spacial score (nSPS) is 11.6. The van der Waals surface area contributed by atoms with Crippen molar-refractivity contribution in [1.82, 2.24) is 4.90 Å². The second kappa shape index (κ2) is 24.0. The molecule has 1 nitrogen and oxygen atoms in total. The van der Waals surface area contributed by atoms with Crippen LogP contribution in [0.15, 0.2) is 0 Å². The summed E-state index contributed by atoms with van der Waals surface area (Å²) in [6.45, 7) is 4.60. The summed E-state index contributed by atoms with van der Waals surface area (Å²) in [7, 11) is 4.24. The van der Waals surface area contributed by atoms with Crippen molar-refractivity contribution in [2.24, 2.45) is 0 Å². The van der Waals surface area contributed by atoms with E-state index < -0.39 is 0 Å². The van der Waals surface area contributed by atoms with Gasteiger partial charge >= 0.3 is 0 Å². The van der Waals surface area contributed by atoms with Gasteiger partial charge in [-0.25, -0.2) is 0 Å². The number of rotatable bonds is 23. The number of unbranched alkanes of at least 4 members (excludes halogenated alkanes) is 21. The highest BCUT2D eigenvalue weighted by Crippen LogP contribution is 2.15. The van der Waals surface area contributed by atoms with Gasteiger partial charge in [0.2, 0.25) is 0 Å². The minimum Gasteiger partial charge on any atom is -0.305 e. The molecule has 0 saturated carbocycles. The van der Waals surface area contributed by atoms with Crippen LogP contribution < -0.4 is 0 Å². The predicted molar refractivity (Wildman–Crippen MR) is 125 cm³/mol. The van der Waals surface area contributed by atoms with Crippen molar-refractivity contribution in [3.63, 3.8) is 0 Å². The van der Waals surface area contributed by atoms with Crippen LogP contribution in [0.1, 0.15) is 148 Å². The van der Waals surface area contributed by atoms with E-state index in [0.717, 1.165) is 0 Å². The fourth-order valence-corrected chi connectivity index (χ4v) is 3.93. The average molecular weight is 381 g/mol. The molecule has 0 fully saturated rings. The Bertz CT molecular complexity index is 249. The van der Waals surface area contributed by atoms with Crippen LogP contribution in [0.2, 0.25) is 0 Å². The zero-order chi connectivity index (χ0) is 19.8. The molecule has 1 radical (unpaired) electrons. The summed E-state index contributed by atoms with van der Waals surface area (Å²) in [6, 6.07) is 0. The lowest BCUT2D eigenvalue weighted by Gasteiger charge is -2.07. The number of nitrogens with zero attached hydrogens (tertiary/aromatic N) is 1. The van der Waals surface area contributed by atoms with Crippen molar-refractivity contribution in [2.45, 2.75) is 148 Å². The SMILES string of the molecule is CCCCCCCCCCCCCCCCCCCCCCC[CH]N(C)C. The third-order valence-electron chi connectivity index (χ3n) is 5.80. The monoisotopic (exact) mass is 380 g/mol. The van der Waals surface area contributed by atoms with Crippen LogP contribution >= 0.6 is 0 Å². The Morgan fingerprint density at radius 3 is 0.926 bits per heavy atom. The van der Waals surface area contributed by atoms with Crippen molar-refractivity contribution < 1.29 is 0 Å². The third kappa shape index (κ3) is 26.0. The Morgan fingerprint density at radius 2 is 0.667 bits per heavy atom. The summed E-state index contributed by atoms with van der Waals surface area (Å²) < 4.78 is 0. The first-order valence-electron chi connectivity index (χ1n) is 12.8. The molecule has 0 rings (SSSR count). The molecule has 0 saturated heterocycles. The van der Waals surface area contributed by atoms with E-state index in [0.29, 0.717) is 0 Å². The van der Waals surface area contributed by atoms with Crippen molar-refractivity contribution in [3.05, 3.63) is 6.54 Å². The first-order chi connectivity index (χ1) is 13.3. The van der Waals surface area contributed by atoms with Crippen LogP contribution in [0.4, 0.5) is 0 Å². The Morgan fingerprint density at radius 1 is 0.407 bits per heavy atom. The maximum absolute atomic E-state index is 2.30. The highest BCUT2D eigenvalue weighted by atomic mass is 15.0. The van der Waals surface area contributed by atoms with Gasteiger partial charge in [0.1, 0.15) is 0 Å². The largest absolute Gasteiger partial charge is 0.305 e. The molecule has 163 valence electrons. The maximum Gasteiger partial charge on any atom is 0.0245 e. The minimum atomic E-state index is 1.26. The molecular formula is C26H54N. The molecular weight excluding hydrogens is 326 g/mol. The third-order valence-corrected chi connectivity index (χ3v) is 5.80. The predicted octanol–water partition coefficient (Wildman–Crippen LogP) is 9.31. The van der Waals surface area contributed by atoms with Gasteiger partial charge < -0.3 is 4.90 Å². The summed E-state index contributed by atoms with van der Waals surface area (Å²) in [4.78, 5) is 2.18. The second-order valence-corrected chi connectivity index (χ2v) is 9.01. The Kier molecular flexibility index (Phi) is 24.0. The van der Waals surface area contributed by atoms with Gasteiger partial charge in [0.05, 0.1) is 0 Å². The number of hydrogen-bond donors (Lipinski definition) is 0. The smallest absolute Gasteiger partial charge is 0.0245 e. The van der Waals surface area contributed by atoms with E-state index in [9.17, 15) is 0 Å². The van der Waals surface area contributed by atoms with Crippen LogP contribution in [0.3, 0.4) is 0 Å². The second-order valence-electron chi connectivity index (χ2n) is 9.01. The molecule has 0 N–H and O–H groups in total. The molecule has 0 unspecified atom stereocenters. The Hall–Kier alpha value is -0.0400. The summed E-state index contributed by atoms with van der Waals surface area (Å²) in [6.07, 6.45) is 32.0. The summed E-state index contributed by atoms with van der Waals surface area (Å²) in [5.74, 6) is 0. The molecule has 1 heteroatoms. The summed E-state index contributed by atoms with van der Waals surface area (Å²) in [5.41, 5.74) is 0. The maximum atomic E-state index is 2.30. The highest BCUT2D eigenvalue weighted by molar-refractivity contribution is 4.60. The van der Waals surface area contributed by atoms with E-state index in [1.54, 1.807) is 0 Å². The van der Waals surface area contributed by atoms with E-state index >= 15 is 0 Å². The van der Waals surface area contributed by atoms with Crippen LogP contribution in [0.5, 0.6) is 0 Å². The van der Waals surface area contributed by atoms with Crippen LogP contribution in [0.25, 0.3) is 0 Å². The minimum absolute atomic E-state index is 1.26. The van der Waals surface area contributed by atoms with Crippen LogP contribution in [-0.4, -0.2) is 19.0 Å². The Balaban J connectivity index is 2.97. The van der Waals surface area contributed by atoms with E-state index in [1.807, 2.05) is 0 Å². The quantitative estimate of drug-likeness (QED) is 0.160. The number of hydrogen-bond acceptors (Lipinski definition) is 1. The van der Waals surface area contributed by atoms with Gasteiger partial charge in [-0.15, -0.1) is 0 Å². The molecule has 0 aliphatic carbocycles. The molecule has 0 aliphatic rings. The molecule has 0 heterocycles. The van der Waals surface area contributed by atoms with Crippen molar-refractivity contribution in [1.29, 1.82) is 0 Å². The summed E-state index contributed by atoms with van der Waals surface area (Å²) in [5, 5.41) is 0. The highest BCUT2D eigenvalue weighted by Gasteiger charge is 1.96. The fourth-order valence-electron chi connectivity index (χ4n) is 3.93. The molecule has 27 heavy (non-hydrogen) atoms. The fraction of sp³-hybridized carbons (Fsp3) is 0.962. The van der Waals surface area contributed by atoms with Gasteiger partial charge in [0, 0.05) is 6.54 Å². The first-order valence-corrected chi connectivity index (χ1v) is 12.8. The van der Waals surface area contributed by atoms with E-state index in [4.69, 9.17) is 0 Å².